The summed E-state index contributed by atoms with van der Waals surface area (Å²) in [6.45, 7) is 1.95. The molecule has 0 saturated carbocycles. The van der Waals surface area contributed by atoms with Crippen molar-refractivity contribution in [2.75, 3.05) is 19.7 Å². The maximum atomic E-state index is 13.7. The number of hydrogen-bond donors (Lipinski definition) is 2. The molecule has 2 fully saturated rings. The second kappa shape index (κ2) is 10.1. The average molecular weight is 408 g/mol. The van der Waals surface area contributed by atoms with Crippen LogP contribution >= 0.6 is 0 Å². The molecule has 2 aromatic carbocycles. The lowest BCUT2D eigenvalue weighted by atomic mass is 9.98. The van der Waals surface area contributed by atoms with Crippen LogP contribution in [0, 0.1) is 0 Å². The zero-order valence-corrected chi connectivity index (χ0v) is 17.6. The second-order valence-electron chi connectivity index (χ2n) is 8.43. The van der Waals surface area contributed by atoms with Gasteiger partial charge in [-0.05, 0) is 56.0 Å². The van der Waals surface area contributed by atoms with Crippen molar-refractivity contribution in [1.29, 1.82) is 0 Å². The zero-order valence-electron chi connectivity index (χ0n) is 17.6. The molecule has 5 nitrogen and oxygen atoms in total. The van der Waals surface area contributed by atoms with E-state index in [0.29, 0.717) is 30.5 Å². The van der Waals surface area contributed by atoms with Crippen molar-refractivity contribution in [3.63, 3.8) is 0 Å². The molecule has 0 radical (unpaired) electrons. The van der Waals surface area contributed by atoms with E-state index >= 15 is 0 Å². The molecule has 2 aliphatic rings. The van der Waals surface area contributed by atoms with E-state index in [1.165, 1.54) is 24.8 Å². The van der Waals surface area contributed by atoms with Crippen LogP contribution in [0.15, 0.2) is 54.6 Å². The summed E-state index contributed by atoms with van der Waals surface area (Å²) in [4.78, 5) is 15.9. The highest BCUT2D eigenvalue weighted by molar-refractivity contribution is 5.95. The standard InChI is InChI=1S/C25H33N3O2/c26-13-15-30-22-11-7-10-20(17-22)25(29)28-21(16-19-8-3-1-4-9-19)18-23-24(28)12-5-2-6-14-27-23/h1,3-4,7-11,17,21,23-24,27H,2,5-6,12-16,18,26H2/t21-,23+,24-/m0/s1. The fourth-order valence-corrected chi connectivity index (χ4v) is 4.96. The molecule has 2 aromatic rings. The molecule has 2 aliphatic heterocycles. The summed E-state index contributed by atoms with van der Waals surface area (Å²) < 4.78 is 5.67. The van der Waals surface area contributed by atoms with Crippen molar-refractivity contribution in [2.24, 2.45) is 5.73 Å². The molecule has 5 heteroatoms. The van der Waals surface area contributed by atoms with Gasteiger partial charge >= 0.3 is 0 Å². The van der Waals surface area contributed by atoms with Crippen LogP contribution in [-0.2, 0) is 6.42 Å². The van der Waals surface area contributed by atoms with Crippen molar-refractivity contribution < 1.29 is 9.53 Å². The summed E-state index contributed by atoms with van der Waals surface area (Å²) in [5, 5.41) is 3.74. The minimum Gasteiger partial charge on any atom is -0.492 e. The third-order valence-electron chi connectivity index (χ3n) is 6.34. The highest BCUT2D eigenvalue weighted by atomic mass is 16.5. The minimum absolute atomic E-state index is 0.115. The van der Waals surface area contributed by atoms with Gasteiger partial charge in [0.15, 0.2) is 0 Å². The van der Waals surface area contributed by atoms with Crippen LogP contribution in [0.1, 0.15) is 48.0 Å². The summed E-state index contributed by atoms with van der Waals surface area (Å²) >= 11 is 0. The Bertz CT molecular complexity index is 826. The number of benzene rings is 2. The number of likely N-dealkylation sites (tertiary alicyclic amines) is 1. The summed E-state index contributed by atoms with van der Waals surface area (Å²) in [5.41, 5.74) is 7.54. The van der Waals surface area contributed by atoms with Crippen LogP contribution in [0.2, 0.25) is 0 Å². The van der Waals surface area contributed by atoms with E-state index in [9.17, 15) is 4.79 Å². The van der Waals surface area contributed by atoms with Gasteiger partial charge in [-0.3, -0.25) is 4.79 Å². The first-order valence-corrected chi connectivity index (χ1v) is 11.3. The van der Waals surface area contributed by atoms with Gasteiger partial charge in [-0.15, -0.1) is 0 Å². The minimum atomic E-state index is 0.115. The SMILES string of the molecule is NCCOc1cccc(C(=O)N2[C@@H](Cc3ccccc3)C[C@H]3NCCCCC[C@@H]32)c1. The zero-order chi connectivity index (χ0) is 20.8. The van der Waals surface area contributed by atoms with E-state index in [4.69, 9.17) is 10.5 Å². The lowest BCUT2D eigenvalue weighted by molar-refractivity contribution is 0.0642. The smallest absolute Gasteiger partial charge is 0.254 e. The van der Waals surface area contributed by atoms with Crippen LogP contribution in [0.25, 0.3) is 0 Å². The van der Waals surface area contributed by atoms with Crippen molar-refractivity contribution in [3.8, 4) is 5.75 Å². The highest BCUT2D eigenvalue weighted by Gasteiger charge is 2.43. The van der Waals surface area contributed by atoms with E-state index in [-0.39, 0.29) is 18.0 Å². The number of hydrogen-bond acceptors (Lipinski definition) is 4. The first-order chi connectivity index (χ1) is 14.8. The molecule has 2 heterocycles. The van der Waals surface area contributed by atoms with Crippen LogP contribution in [0.4, 0.5) is 0 Å². The first kappa shape index (κ1) is 20.9. The second-order valence-corrected chi connectivity index (χ2v) is 8.43. The lowest BCUT2D eigenvalue weighted by Crippen LogP contribution is -2.47. The molecule has 4 rings (SSSR count). The first-order valence-electron chi connectivity index (χ1n) is 11.3. The van der Waals surface area contributed by atoms with Gasteiger partial charge in [0.1, 0.15) is 12.4 Å². The maximum Gasteiger partial charge on any atom is 0.254 e. The van der Waals surface area contributed by atoms with Crippen LogP contribution in [0.5, 0.6) is 5.75 Å². The molecule has 0 unspecified atom stereocenters. The van der Waals surface area contributed by atoms with Crippen molar-refractivity contribution in [1.82, 2.24) is 10.2 Å². The number of ether oxygens (including phenoxy) is 1. The Morgan fingerprint density at radius 2 is 1.97 bits per heavy atom. The maximum absolute atomic E-state index is 13.7. The molecular formula is C25H33N3O2. The molecule has 160 valence electrons. The van der Waals surface area contributed by atoms with Gasteiger partial charge in [-0.2, -0.15) is 0 Å². The van der Waals surface area contributed by atoms with Crippen LogP contribution in [-0.4, -0.2) is 48.6 Å². The van der Waals surface area contributed by atoms with Gasteiger partial charge < -0.3 is 20.7 Å². The predicted octanol–water partition coefficient (Wildman–Crippen LogP) is 3.38. The van der Waals surface area contributed by atoms with Crippen molar-refractivity contribution >= 4 is 5.91 Å². The number of carbonyl (C=O) groups excluding carboxylic acids is 1. The Labute approximate surface area is 179 Å². The number of carbonyl (C=O) groups is 1. The predicted molar refractivity (Wildman–Crippen MR) is 120 cm³/mol. The van der Waals surface area contributed by atoms with Gasteiger partial charge in [0.25, 0.3) is 5.91 Å². The van der Waals surface area contributed by atoms with Crippen LogP contribution in [0.3, 0.4) is 0 Å². The largest absolute Gasteiger partial charge is 0.492 e. The molecule has 0 bridgehead atoms. The van der Waals surface area contributed by atoms with E-state index in [0.717, 1.165) is 25.8 Å². The molecule has 2 saturated heterocycles. The topological polar surface area (TPSA) is 67.6 Å². The van der Waals surface area contributed by atoms with Crippen molar-refractivity contribution in [2.45, 2.75) is 56.7 Å². The molecule has 30 heavy (non-hydrogen) atoms. The molecule has 0 spiro atoms. The van der Waals surface area contributed by atoms with Gasteiger partial charge in [-0.1, -0.05) is 49.2 Å². The van der Waals surface area contributed by atoms with Crippen LogP contribution < -0.4 is 15.8 Å². The normalized spacial score (nSPS) is 24.0. The Morgan fingerprint density at radius 3 is 2.80 bits per heavy atom. The number of nitrogens with zero attached hydrogens (tertiary/aromatic N) is 1. The number of nitrogens with one attached hydrogen (secondary N) is 1. The molecule has 0 aliphatic carbocycles. The summed E-state index contributed by atoms with van der Waals surface area (Å²) in [7, 11) is 0. The Kier molecular flexibility index (Phi) is 7.03. The molecule has 3 N–H and O–H groups in total. The number of rotatable bonds is 6. The fourth-order valence-electron chi connectivity index (χ4n) is 4.96. The van der Waals surface area contributed by atoms with E-state index in [2.05, 4.69) is 34.5 Å². The van der Waals surface area contributed by atoms with Gasteiger partial charge in [0, 0.05) is 30.2 Å². The summed E-state index contributed by atoms with van der Waals surface area (Å²) in [6.07, 6.45) is 6.60. The van der Waals surface area contributed by atoms with Gasteiger partial charge in [-0.25, -0.2) is 0 Å². The summed E-state index contributed by atoms with van der Waals surface area (Å²) in [5.74, 6) is 0.821. The quantitative estimate of drug-likeness (QED) is 0.770. The fraction of sp³-hybridized carbons (Fsp3) is 0.480. The van der Waals surface area contributed by atoms with Gasteiger partial charge in [0.05, 0.1) is 0 Å². The van der Waals surface area contributed by atoms with E-state index in [1.807, 2.05) is 30.3 Å². The Morgan fingerprint density at radius 1 is 1.10 bits per heavy atom. The van der Waals surface area contributed by atoms with Gasteiger partial charge in [0.2, 0.25) is 0 Å². The molecule has 0 aromatic heterocycles. The highest BCUT2D eigenvalue weighted by Crippen LogP contribution is 2.33. The Hall–Kier alpha value is -2.37. The van der Waals surface area contributed by atoms with E-state index < -0.39 is 0 Å². The average Bonchev–Trinajstić information content (AvgIpc) is 3.08. The monoisotopic (exact) mass is 407 g/mol. The number of nitrogens with two attached hydrogens (primary N) is 1. The third kappa shape index (κ3) is 4.85. The number of amides is 1. The molecule has 1 amide bonds. The summed E-state index contributed by atoms with van der Waals surface area (Å²) in [6, 6.07) is 18.9. The molecular weight excluding hydrogens is 374 g/mol. The number of fused-ring (bicyclic) bond motifs is 1. The Balaban J connectivity index is 1.60. The van der Waals surface area contributed by atoms with Crippen molar-refractivity contribution in [3.05, 3.63) is 65.7 Å². The molecule has 3 atom stereocenters. The lowest BCUT2D eigenvalue weighted by Gasteiger charge is -2.33. The van der Waals surface area contributed by atoms with E-state index in [1.54, 1.807) is 0 Å². The third-order valence-corrected chi connectivity index (χ3v) is 6.34.